The number of imidazole rings is 1. The lowest BCUT2D eigenvalue weighted by Crippen LogP contribution is -2.18. The predicted molar refractivity (Wildman–Crippen MR) is 137 cm³/mol. The number of amides is 1. The van der Waals surface area contributed by atoms with Gasteiger partial charge in [-0.3, -0.25) is 4.79 Å². The molecule has 3 aromatic heterocycles. The summed E-state index contributed by atoms with van der Waals surface area (Å²) in [7, 11) is 0. The van der Waals surface area contributed by atoms with Crippen LogP contribution in [0, 0.1) is 34.6 Å². The normalized spacial score (nSPS) is 11.1. The van der Waals surface area contributed by atoms with E-state index in [2.05, 4.69) is 31.3 Å². The van der Waals surface area contributed by atoms with Crippen LogP contribution in [0.4, 0.5) is 5.00 Å². The highest BCUT2D eigenvalue weighted by Gasteiger charge is 2.24. The second-order valence-corrected chi connectivity index (χ2v) is 9.80. The minimum atomic E-state index is -0.416. The third kappa shape index (κ3) is 4.48. The molecule has 34 heavy (non-hydrogen) atoms. The van der Waals surface area contributed by atoms with Gasteiger partial charge in [0.05, 0.1) is 30.0 Å². The number of fused-ring (bicyclic) bond motifs is 1. The molecule has 176 valence electrons. The number of aryl methyl sites for hydroxylation is 4. The molecule has 0 aliphatic carbocycles. The van der Waals surface area contributed by atoms with Gasteiger partial charge >= 0.3 is 5.97 Å². The zero-order valence-corrected chi connectivity index (χ0v) is 21.2. The first kappa shape index (κ1) is 23.7. The maximum Gasteiger partial charge on any atom is 0.341 e. The number of nitrogens with zero attached hydrogens (tertiary/aromatic N) is 2. The van der Waals surface area contributed by atoms with E-state index >= 15 is 0 Å². The fourth-order valence-electron chi connectivity index (χ4n) is 3.97. The molecule has 1 N–H and O–H groups in total. The molecule has 1 aromatic carbocycles. The van der Waals surface area contributed by atoms with Crippen molar-refractivity contribution in [1.82, 2.24) is 9.38 Å². The maximum absolute atomic E-state index is 13.3. The van der Waals surface area contributed by atoms with Crippen LogP contribution in [0.1, 0.15) is 50.1 Å². The van der Waals surface area contributed by atoms with E-state index in [4.69, 9.17) is 9.72 Å². The predicted octanol–water partition coefficient (Wildman–Crippen LogP) is 5.96. The summed E-state index contributed by atoms with van der Waals surface area (Å²) >= 11 is 1.39. The summed E-state index contributed by atoms with van der Waals surface area (Å²) < 4.78 is 7.19. The quantitative estimate of drug-likeness (QED) is 0.349. The number of thiophene rings is 1. The van der Waals surface area contributed by atoms with Gasteiger partial charge in [0.1, 0.15) is 10.6 Å². The number of carbonyl (C=O) groups is 2. The van der Waals surface area contributed by atoms with Crippen LogP contribution in [0.25, 0.3) is 16.9 Å². The van der Waals surface area contributed by atoms with Gasteiger partial charge in [-0.1, -0.05) is 12.1 Å². The average molecular weight is 476 g/mol. The van der Waals surface area contributed by atoms with Gasteiger partial charge in [-0.05, 0) is 82.0 Å². The molecule has 0 aliphatic rings. The summed E-state index contributed by atoms with van der Waals surface area (Å²) in [5, 5.41) is 3.49. The number of hydrogen-bond donors (Lipinski definition) is 1. The van der Waals surface area contributed by atoms with Gasteiger partial charge in [-0.15, -0.1) is 11.3 Å². The molecule has 3 heterocycles. The van der Waals surface area contributed by atoms with Crippen molar-refractivity contribution in [1.29, 1.82) is 0 Å². The number of esters is 1. The van der Waals surface area contributed by atoms with Crippen molar-refractivity contribution in [2.45, 2.75) is 48.0 Å². The van der Waals surface area contributed by atoms with E-state index in [9.17, 15) is 9.59 Å². The second kappa shape index (κ2) is 9.43. The SMILES string of the molecule is CCOC(=O)c1c(NC(=O)Cc2c(-c3ccc(C)c(C)c3)nc3cc(C)ccn23)sc(C)c1C. The highest BCUT2D eigenvalue weighted by atomic mass is 32.1. The van der Waals surface area contributed by atoms with Crippen LogP contribution < -0.4 is 5.32 Å². The van der Waals surface area contributed by atoms with Crippen molar-refractivity contribution in [2.75, 3.05) is 11.9 Å². The number of hydrogen-bond acceptors (Lipinski definition) is 5. The number of pyridine rings is 1. The Labute approximate surface area is 203 Å². The first-order valence-corrected chi connectivity index (χ1v) is 12.1. The zero-order chi connectivity index (χ0) is 24.6. The van der Waals surface area contributed by atoms with Crippen molar-refractivity contribution >= 4 is 33.9 Å². The molecule has 0 bridgehead atoms. The Bertz CT molecular complexity index is 1410. The Balaban J connectivity index is 1.72. The van der Waals surface area contributed by atoms with Crippen LogP contribution in [0.15, 0.2) is 36.5 Å². The molecule has 4 aromatic rings. The number of benzene rings is 1. The highest BCUT2D eigenvalue weighted by molar-refractivity contribution is 7.16. The number of aromatic nitrogens is 2. The summed E-state index contributed by atoms with van der Waals surface area (Å²) in [6.45, 7) is 12.0. The van der Waals surface area contributed by atoms with Crippen LogP contribution in [0.3, 0.4) is 0 Å². The van der Waals surface area contributed by atoms with Crippen molar-refractivity contribution in [3.05, 3.63) is 74.9 Å². The topological polar surface area (TPSA) is 72.7 Å². The summed E-state index contributed by atoms with van der Waals surface area (Å²) in [5.74, 6) is -0.625. The lowest BCUT2D eigenvalue weighted by atomic mass is 10.0. The van der Waals surface area contributed by atoms with E-state index in [0.29, 0.717) is 10.6 Å². The summed E-state index contributed by atoms with van der Waals surface area (Å²) in [5.41, 5.74) is 8.10. The molecular weight excluding hydrogens is 446 g/mol. The fraction of sp³-hybridized carbons (Fsp3) is 0.296. The van der Waals surface area contributed by atoms with Gasteiger partial charge in [-0.25, -0.2) is 9.78 Å². The molecule has 6 nitrogen and oxygen atoms in total. The van der Waals surface area contributed by atoms with Crippen LogP contribution in [-0.2, 0) is 16.0 Å². The molecule has 7 heteroatoms. The van der Waals surface area contributed by atoms with Crippen molar-refractivity contribution in [2.24, 2.45) is 0 Å². The average Bonchev–Trinajstić information content (AvgIpc) is 3.26. The van der Waals surface area contributed by atoms with E-state index in [1.807, 2.05) is 49.6 Å². The van der Waals surface area contributed by atoms with Crippen LogP contribution in [0.2, 0.25) is 0 Å². The number of carbonyl (C=O) groups excluding carboxylic acids is 2. The van der Waals surface area contributed by atoms with Gasteiger partial charge in [0.25, 0.3) is 0 Å². The van der Waals surface area contributed by atoms with Gasteiger partial charge in [0.15, 0.2) is 0 Å². The first-order valence-electron chi connectivity index (χ1n) is 11.3. The molecule has 0 atom stereocenters. The van der Waals surface area contributed by atoms with Gasteiger partial charge in [0.2, 0.25) is 5.91 Å². The molecule has 0 saturated heterocycles. The van der Waals surface area contributed by atoms with E-state index in [0.717, 1.165) is 38.6 Å². The summed E-state index contributed by atoms with van der Waals surface area (Å²) in [6.07, 6.45) is 2.07. The number of rotatable bonds is 6. The third-order valence-electron chi connectivity index (χ3n) is 6.11. The van der Waals surface area contributed by atoms with Crippen LogP contribution in [-0.4, -0.2) is 27.9 Å². The third-order valence-corrected chi connectivity index (χ3v) is 7.23. The summed E-state index contributed by atoms with van der Waals surface area (Å²) in [6, 6.07) is 10.2. The molecule has 0 radical (unpaired) electrons. The van der Waals surface area contributed by atoms with Crippen molar-refractivity contribution in [3.63, 3.8) is 0 Å². The number of anilines is 1. The summed E-state index contributed by atoms with van der Waals surface area (Å²) in [4.78, 5) is 31.6. The Morgan fingerprint density at radius 1 is 1.06 bits per heavy atom. The monoisotopic (exact) mass is 475 g/mol. The van der Waals surface area contributed by atoms with Crippen LogP contribution >= 0.6 is 11.3 Å². The van der Waals surface area contributed by atoms with E-state index in [1.165, 1.54) is 22.5 Å². The number of nitrogens with one attached hydrogen (secondary N) is 1. The molecule has 0 spiro atoms. The second-order valence-electron chi connectivity index (χ2n) is 8.57. The number of ether oxygens (including phenoxy) is 1. The molecule has 0 unspecified atom stereocenters. The standard InChI is InChI=1S/C27H29N3O3S/c1-7-33-27(32)24-18(5)19(6)34-26(24)29-23(31)14-21-25(20-9-8-16(3)17(4)13-20)28-22-12-15(2)10-11-30(21)22/h8-13H,7,14H2,1-6H3,(H,29,31). The maximum atomic E-state index is 13.3. The molecule has 0 saturated carbocycles. The zero-order valence-electron chi connectivity index (χ0n) is 20.4. The Hall–Kier alpha value is -3.45. The molecule has 1 amide bonds. The van der Waals surface area contributed by atoms with E-state index in [-0.39, 0.29) is 18.9 Å². The van der Waals surface area contributed by atoms with Crippen molar-refractivity contribution < 1.29 is 14.3 Å². The van der Waals surface area contributed by atoms with Gasteiger partial charge in [-0.2, -0.15) is 0 Å². The van der Waals surface area contributed by atoms with Gasteiger partial charge in [0, 0.05) is 16.6 Å². The lowest BCUT2D eigenvalue weighted by molar-refractivity contribution is -0.115. The van der Waals surface area contributed by atoms with Gasteiger partial charge < -0.3 is 14.5 Å². The smallest absolute Gasteiger partial charge is 0.341 e. The minimum Gasteiger partial charge on any atom is -0.462 e. The molecule has 4 rings (SSSR count). The van der Waals surface area contributed by atoms with Crippen molar-refractivity contribution in [3.8, 4) is 11.3 Å². The largest absolute Gasteiger partial charge is 0.462 e. The molecule has 0 aliphatic heterocycles. The minimum absolute atomic E-state index is 0.116. The Morgan fingerprint density at radius 2 is 1.82 bits per heavy atom. The Morgan fingerprint density at radius 3 is 2.53 bits per heavy atom. The fourth-order valence-corrected chi connectivity index (χ4v) is 5.04. The van der Waals surface area contributed by atoms with Crippen LogP contribution in [0.5, 0.6) is 0 Å². The van der Waals surface area contributed by atoms with E-state index in [1.54, 1.807) is 6.92 Å². The highest BCUT2D eigenvalue weighted by Crippen LogP contribution is 2.34. The Kier molecular flexibility index (Phi) is 6.57. The van der Waals surface area contributed by atoms with E-state index < -0.39 is 5.97 Å². The first-order chi connectivity index (χ1) is 16.2. The molecular formula is C27H29N3O3S. The molecule has 0 fully saturated rings. The lowest BCUT2D eigenvalue weighted by Gasteiger charge is -2.09.